The van der Waals surface area contributed by atoms with Crippen LogP contribution in [0.3, 0.4) is 0 Å². The highest BCUT2D eigenvalue weighted by atomic mass is 19.1. The molecule has 0 atom stereocenters. The molecule has 0 aliphatic carbocycles. The predicted molar refractivity (Wildman–Crippen MR) is 91.8 cm³/mol. The highest BCUT2D eigenvalue weighted by Crippen LogP contribution is 2.15. The van der Waals surface area contributed by atoms with Gasteiger partial charge >= 0.3 is 5.69 Å². The van der Waals surface area contributed by atoms with E-state index in [1.165, 1.54) is 19.2 Å². The van der Waals surface area contributed by atoms with Crippen LogP contribution in [0, 0.1) is 11.6 Å². The molecule has 0 aliphatic rings. The highest BCUT2D eigenvalue weighted by molar-refractivity contribution is 6.04. The average molecular weight is 375 g/mol. The molecule has 3 aromatic rings. The van der Waals surface area contributed by atoms with Gasteiger partial charge in [0.1, 0.15) is 11.6 Å². The van der Waals surface area contributed by atoms with Gasteiger partial charge < -0.3 is 10.1 Å². The average Bonchev–Trinajstić information content (AvgIpc) is 3.01. The van der Waals surface area contributed by atoms with E-state index in [9.17, 15) is 18.4 Å². The summed E-state index contributed by atoms with van der Waals surface area (Å²) in [7, 11) is 1.51. The van der Waals surface area contributed by atoms with E-state index in [-0.39, 0.29) is 12.1 Å². The maximum absolute atomic E-state index is 13.7. The molecule has 1 amide bonds. The molecule has 1 heterocycles. The fraction of sp³-hybridized carbons (Fsp3) is 0.176. The van der Waals surface area contributed by atoms with Gasteiger partial charge in [-0.15, -0.1) is 0 Å². The number of rotatable bonds is 6. The molecular formula is C17H15F2N5O3. The first-order valence-electron chi connectivity index (χ1n) is 7.88. The zero-order valence-corrected chi connectivity index (χ0v) is 14.2. The molecule has 3 rings (SSSR count). The van der Waals surface area contributed by atoms with Crippen molar-refractivity contribution in [1.29, 1.82) is 0 Å². The molecule has 0 aliphatic heterocycles. The summed E-state index contributed by atoms with van der Waals surface area (Å²) in [5, 5.41) is 10.0. The summed E-state index contributed by atoms with van der Waals surface area (Å²) in [6.07, 6.45) is 0. The monoisotopic (exact) mass is 375 g/mol. The third-order valence-electron chi connectivity index (χ3n) is 3.69. The Morgan fingerprint density at radius 2 is 1.89 bits per heavy atom. The van der Waals surface area contributed by atoms with Crippen molar-refractivity contribution in [2.24, 2.45) is 0 Å². The number of hydrogen-bond donors (Lipinski definition) is 1. The van der Waals surface area contributed by atoms with E-state index in [2.05, 4.69) is 15.7 Å². The first-order valence-corrected chi connectivity index (χ1v) is 7.88. The second-order valence-electron chi connectivity index (χ2n) is 5.51. The summed E-state index contributed by atoms with van der Waals surface area (Å²) in [5.74, 6) is -2.44. The van der Waals surface area contributed by atoms with Gasteiger partial charge in [-0.3, -0.25) is 4.79 Å². The van der Waals surface area contributed by atoms with Gasteiger partial charge in [-0.2, -0.15) is 9.36 Å². The molecule has 140 valence electrons. The summed E-state index contributed by atoms with van der Waals surface area (Å²) in [5.41, 5.74) is 0.0944. The molecule has 2 aromatic carbocycles. The number of halogens is 2. The Kier molecular flexibility index (Phi) is 5.36. The van der Waals surface area contributed by atoms with Crippen LogP contribution in [0.15, 0.2) is 47.3 Å². The summed E-state index contributed by atoms with van der Waals surface area (Å²) >= 11 is 0. The van der Waals surface area contributed by atoms with Gasteiger partial charge in [-0.1, -0.05) is 0 Å². The van der Waals surface area contributed by atoms with Crippen LogP contribution >= 0.6 is 0 Å². The van der Waals surface area contributed by atoms with Crippen LogP contribution in [0.1, 0.15) is 10.4 Å². The van der Waals surface area contributed by atoms with Crippen LogP contribution in [0.25, 0.3) is 5.69 Å². The number of ether oxygens (including phenoxy) is 1. The first kappa shape index (κ1) is 18.4. The molecule has 10 heteroatoms. The molecule has 8 nitrogen and oxygen atoms in total. The molecule has 0 saturated carbocycles. The zero-order chi connectivity index (χ0) is 19.4. The molecule has 1 N–H and O–H groups in total. The minimum Gasteiger partial charge on any atom is -0.383 e. The van der Waals surface area contributed by atoms with Gasteiger partial charge in [-0.25, -0.2) is 13.6 Å². The number of hydrogen-bond acceptors (Lipinski definition) is 5. The Hall–Kier alpha value is -3.40. The minimum absolute atomic E-state index is 0.271. The van der Waals surface area contributed by atoms with Crippen molar-refractivity contribution < 1.29 is 18.3 Å². The van der Waals surface area contributed by atoms with E-state index in [1.807, 2.05) is 0 Å². The molecule has 27 heavy (non-hydrogen) atoms. The lowest BCUT2D eigenvalue weighted by Crippen LogP contribution is -2.25. The number of anilines is 1. The lowest BCUT2D eigenvalue weighted by atomic mass is 10.2. The number of methoxy groups -OCH3 is 1. The summed E-state index contributed by atoms with van der Waals surface area (Å²) in [4.78, 5) is 24.3. The predicted octanol–water partition coefficient (Wildman–Crippen LogP) is 1.61. The van der Waals surface area contributed by atoms with Gasteiger partial charge in [-0.05, 0) is 46.8 Å². The number of aromatic nitrogens is 4. The Morgan fingerprint density at radius 1 is 1.15 bits per heavy atom. The number of carbonyl (C=O) groups excluding carboxylic acids is 1. The van der Waals surface area contributed by atoms with Crippen molar-refractivity contribution in [2.75, 3.05) is 19.0 Å². The van der Waals surface area contributed by atoms with Gasteiger partial charge in [0.2, 0.25) is 0 Å². The summed E-state index contributed by atoms with van der Waals surface area (Å²) in [6, 6.07) is 8.84. The van der Waals surface area contributed by atoms with Gasteiger partial charge in [0.05, 0.1) is 24.4 Å². The van der Waals surface area contributed by atoms with Crippen molar-refractivity contribution in [3.8, 4) is 5.69 Å². The summed E-state index contributed by atoms with van der Waals surface area (Å²) < 4.78 is 33.7. The normalized spacial score (nSPS) is 10.8. The Morgan fingerprint density at radius 3 is 2.56 bits per heavy atom. The fourth-order valence-electron chi connectivity index (χ4n) is 2.31. The van der Waals surface area contributed by atoms with Crippen LogP contribution in [0.2, 0.25) is 0 Å². The number of tetrazole rings is 1. The minimum atomic E-state index is -0.955. The largest absolute Gasteiger partial charge is 0.383 e. The highest BCUT2D eigenvalue weighted by Gasteiger charge is 2.13. The van der Waals surface area contributed by atoms with E-state index >= 15 is 0 Å². The lowest BCUT2D eigenvalue weighted by molar-refractivity contribution is 0.102. The second-order valence-corrected chi connectivity index (χ2v) is 5.51. The van der Waals surface area contributed by atoms with E-state index in [0.717, 1.165) is 21.5 Å². The Labute approximate surface area is 152 Å². The second kappa shape index (κ2) is 7.87. The van der Waals surface area contributed by atoms with E-state index in [1.54, 1.807) is 12.1 Å². The Balaban J connectivity index is 1.75. The third-order valence-corrected chi connectivity index (χ3v) is 3.69. The Bertz CT molecular complexity index is 1010. The van der Waals surface area contributed by atoms with Gasteiger partial charge in [0, 0.05) is 18.9 Å². The zero-order valence-electron chi connectivity index (χ0n) is 14.2. The van der Waals surface area contributed by atoms with Crippen LogP contribution in [-0.4, -0.2) is 39.4 Å². The molecule has 0 radical (unpaired) electrons. The summed E-state index contributed by atoms with van der Waals surface area (Å²) in [6.45, 7) is 0.593. The number of benzene rings is 2. The van der Waals surface area contributed by atoms with Crippen LogP contribution in [0.4, 0.5) is 14.5 Å². The third kappa shape index (κ3) is 4.06. The van der Waals surface area contributed by atoms with Crippen LogP contribution in [-0.2, 0) is 11.3 Å². The van der Waals surface area contributed by atoms with Crippen molar-refractivity contribution in [3.05, 3.63) is 70.1 Å². The van der Waals surface area contributed by atoms with Crippen molar-refractivity contribution in [3.63, 3.8) is 0 Å². The number of amides is 1. The van der Waals surface area contributed by atoms with Gasteiger partial charge in [0.15, 0.2) is 0 Å². The molecule has 0 unspecified atom stereocenters. The van der Waals surface area contributed by atoms with Gasteiger partial charge in [0.25, 0.3) is 5.91 Å². The molecule has 0 fully saturated rings. The molecule has 0 saturated heterocycles. The first-order chi connectivity index (χ1) is 13.0. The van der Waals surface area contributed by atoms with Crippen molar-refractivity contribution in [2.45, 2.75) is 6.54 Å². The van der Waals surface area contributed by atoms with Crippen LogP contribution < -0.4 is 11.0 Å². The van der Waals surface area contributed by atoms with Crippen LogP contribution in [0.5, 0.6) is 0 Å². The molecule has 0 bridgehead atoms. The SMILES string of the molecule is COCCn1nnn(-c2ccc(NC(=O)c3ccc(F)cc3F)cc2)c1=O. The van der Waals surface area contributed by atoms with E-state index in [4.69, 9.17) is 4.74 Å². The standard InChI is InChI=1S/C17H15F2N5O3/c1-27-9-8-23-17(26)24(22-21-23)13-5-3-12(4-6-13)20-16(25)14-7-2-11(18)10-15(14)19/h2-7,10H,8-9H2,1H3,(H,20,25). The maximum Gasteiger partial charge on any atom is 0.368 e. The van der Waals surface area contributed by atoms with E-state index < -0.39 is 23.2 Å². The van der Waals surface area contributed by atoms with E-state index in [0.29, 0.717) is 24.0 Å². The van der Waals surface area contributed by atoms with Crippen molar-refractivity contribution >= 4 is 11.6 Å². The number of nitrogens with one attached hydrogen (secondary N) is 1. The maximum atomic E-state index is 13.7. The number of carbonyl (C=O) groups is 1. The fourth-order valence-corrected chi connectivity index (χ4v) is 2.31. The quantitative estimate of drug-likeness (QED) is 0.707. The van der Waals surface area contributed by atoms with Crippen molar-refractivity contribution in [1.82, 2.24) is 19.8 Å². The molecular weight excluding hydrogens is 360 g/mol. The number of nitrogens with zero attached hydrogens (tertiary/aromatic N) is 4. The lowest BCUT2D eigenvalue weighted by Gasteiger charge is -2.07. The topological polar surface area (TPSA) is 91.0 Å². The molecule has 1 aromatic heterocycles. The molecule has 0 spiro atoms. The smallest absolute Gasteiger partial charge is 0.368 e.